The Morgan fingerprint density at radius 3 is 2.31 bits per heavy atom. The monoisotopic (exact) mass is 223 g/mol. The number of aliphatic hydroxyl groups excluding tert-OH is 1. The van der Waals surface area contributed by atoms with E-state index in [2.05, 4.69) is 18.7 Å². The third kappa shape index (κ3) is 3.14. The maximum atomic E-state index is 9.84. The Hall–Kier alpha value is -1.22. The summed E-state index contributed by atoms with van der Waals surface area (Å²) >= 11 is 0. The van der Waals surface area contributed by atoms with Crippen molar-refractivity contribution in [2.75, 3.05) is 18.0 Å². The molecule has 0 aliphatic carbocycles. The number of nitrogens with zero attached hydrogens (tertiary/aromatic N) is 1. The zero-order chi connectivity index (χ0) is 12.1. The highest BCUT2D eigenvalue weighted by Crippen LogP contribution is 2.25. The van der Waals surface area contributed by atoms with Crippen LogP contribution in [-0.4, -0.2) is 29.4 Å². The fraction of sp³-hybridized carbons (Fsp3) is 0.538. The van der Waals surface area contributed by atoms with Gasteiger partial charge in [0.1, 0.15) is 5.75 Å². The summed E-state index contributed by atoms with van der Waals surface area (Å²) in [7, 11) is 0. The number of benzene rings is 1. The van der Waals surface area contributed by atoms with Crippen LogP contribution in [-0.2, 0) is 6.42 Å². The van der Waals surface area contributed by atoms with E-state index in [1.165, 1.54) is 0 Å². The Morgan fingerprint density at radius 1 is 1.25 bits per heavy atom. The summed E-state index contributed by atoms with van der Waals surface area (Å²) in [5.74, 6) is 0.269. The second-order valence-electron chi connectivity index (χ2n) is 4.04. The largest absolute Gasteiger partial charge is 0.508 e. The number of hydrogen-bond donors (Lipinski definition) is 2. The molecule has 1 unspecified atom stereocenters. The number of anilines is 1. The Labute approximate surface area is 97.3 Å². The summed E-state index contributed by atoms with van der Waals surface area (Å²) in [5, 5.41) is 19.1. The summed E-state index contributed by atoms with van der Waals surface area (Å²) in [4.78, 5) is 2.17. The molecule has 2 N–H and O–H groups in total. The SMILES string of the molecule is CCN(CC)c1ccc(CC(C)O)c(O)c1. The molecule has 0 aliphatic rings. The van der Waals surface area contributed by atoms with E-state index in [-0.39, 0.29) is 5.75 Å². The van der Waals surface area contributed by atoms with Crippen LogP contribution < -0.4 is 4.90 Å². The standard InChI is InChI=1S/C13H21NO2/c1-4-14(5-2)12-7-6-11(8-10(3)15)13(16)9-12/h6-7,9-10,15-16H,4-5,8H2,1-3H3. The Morgan fingerprint density at radius 2 is 1.88 bits per heavy atom. The van der Waals surface area contributed by atoms with Gasteiger partial charge in [0.25, 0.3) is 0 Å². The fourth-order valence-electron chi connectivity index (χ4n) is 1.83. The smallest absolute Gasteiger partial charge is 0.120 e. The van der Waals surface area contributed by atoms with E-state index in [0.29, 0.717) is 6.42 Å². The molecule has 0 saturated carbocycles. The summed E-state index contributed by atoms with van der Waals surface area (Å²) in [6.45, 7) is 7.74. The van der Waals surface area contributed by atoms with Gasteiger partial charge >= 0.3 is 0 Å². The summed E-state index contributed by atoms with van der Waals surface area (Å²) in [6.07, 6.45) is 0.0647. The normalized spacial score (nSPS) is 12.5. The van der Waals surface area contributed by atoms with Gasteiger partial charge in [0.05, 0.1) is 6.10 Å². The van der Waals surface area contributed by atoms with Crippen LogP contribution >= 0.6 is 0 Å². The lowest BCUT2D eigenvalue weighted by Crippen LogP contribution is -2.21. The minimum atomic E-state index is -0.426. The van der Waals surface area contributed by atoms with Gasteiger partial charge in [0.15, 0.2) is 0 Å². The first-order valence-electron chi connectivity index (χ1n) is 5.83. The third-order valence-electron chi connectivity index (χ3n) is 2.71. The van der Waals surface area contributed by atoms with E-state index >= 15 is 0 Å². The van der Waals surface area contributed by atoms with Crippen LogP contribution in [0.25, 0.3) is 0 Å². The van der Waals surface area contributed by atoms with Crippen LogP contribution in [0.5, 0.6) is 5.75 Å². The molecule has 1 atom stereocenters. The molecule has 3 nitrogen and oxygen atoms in total. The molecule has 0 spiro atoms. The molecule has 0 bridgehead atoms. The summed E-state index contributed by atoms with van der Waals surface area (Å²) in [6, 6.07) is 5.64. The van der Waals surface area contributed by atoms with Gasteiger partial charge in [0.2, 0.25) is 0 Å². The Kier molecular flexibility index (Phi) is 4.62. The number of phenolic OH excluding ortho intramolecular Hbond substituents is 1. The summed E-state index contributed by atoms with van der Waals surface area (Å²) in [5.41, 5.74) is 1.82. The molecule has 0 aromatic heterocycles. The minimum absolute atomic E-state index is 0.269. The zero-order valence-corrected chi connectivity index (χ0v) is 10.3. The van der Waals surface area contributed by atoms with Crippen LogP contribution in [0.15, 0.2) is 18.2 Å². The first-order chi connectivity index (χ1) is 7.58. The highest BCUT2D eigenvalue weighted by molar-refractivity contribution is 5.53. The van der Waals surface area contributed by atoms with Crippen LogP contribution in [0.4, 0.5) is 5.69 Å². The predicted octanol–water partition coefficient (Wildman–Crippen LogP) is 2.16. The minimum Gasteiger partial charge on any atom is -0.508 e. The van der Waals surface area contributed by atoms with E-state index < -0.39 is 6.10 Å². The number of hydrogen-bond acceptors (Lipinski definition) is 3. The predicted molar refractivity (Wildman–Crippen MR) is 67.1 cm³/mol. The Bertz CT molecular complexity index is 333. The molecule has 0 aliphatic heterocycles. The molecule has 0 fully saturated rings. The fourth-order valence-corrected chi connectivity index (χ4v) is 1.83. The lowest BCUT2D eigenvalue weighted by Gasteiger charge is -2.21. The second-order valence-corrected chi connectivity index (χ2v) is 4.04. The maximum Gasteiger partial charge on any atom is 0.120 e. The van der Waals surface area contributed by atoms with Crippen molar-refractivity contribution in [1.29, 1.82) is 0 Å². The average molecular weight is 223 g/mol. The number of aliphatic hydroxyl groups is 1. The van der Waals surface area contributed by atoms with Gasteiger partial charge < -0.3 is 15.1 Å². The first kappa shape index (κ1) is 12.8. The highest BCUT2D eigenvalue weighted by Gasteiger charge is 2.08. The van der Waals surface area contributed by atoms with Crippen molar-refractivity contribution in [3.05, 3.63) is 23.8 Å². The van der Waals surface area contributed by atoms with Gasteiger partial charge in [-0.05, 0) is 32.4 Å². The quantitative estimate of drug-likeness (QED) is 0.804. The molecule has 90 valence electrons. The molecule has 3 heteroatoms. The van der Waals surface area contributed by atoms with E-state index in [1.807, 2.05) is 12.1 Å². The molecule has 0 heterocycles. The van der Waals surface area contributed by atoms with Gasteiger partial charge in [0, 0.05) is 31.3 Å². The van der Waals surface area contributed by atoms with Crippen molar-refractivity contribution < 1.29 is 10.2 Å². The molecule has 1 aromatic carbocycles. The van der Waals surface area contributed by atoms with Crippen molar-refractivity contribution in [1.82, 2.24) is 0 Å². The number of rotatable bonds is 5. The lowest BCUT2D eigenvalue weighted by atomic mass is 10.1. The molecule has 0 amide bonds. The van der Waals surface area contributed by atoms with Crippen molar-refractivity contribution >= 4 is 5.69 Å². The van der Waals surface area contributed by atoms with Crippen LogP contribution in [0.2, 0.25) is 0 Å². The summed E-state index contributed by atoms with van der Waals surface area (Å²) < 4.78 is 0. The lowest BCUT2D eigenvalue weighted by molar-refractivity contribution is 0.194. The van der Waals surface area contributed by atoms with E-state index in [1.54, 1.807) is 13.0 Å². The third-order valence-corrected chi connectivity index (χ3v) is 2.71. The van der Waals surface area contributed by atoms with Crippen molar-refractivity contribution in [3.8, 4) is 5.75 Å². The highest BCUT2D eigenvalue weighted by atomic mass is 16.3. The van der Waals surface area contributed by atoms with E-state index in [0.717, 1.165) is 24.3 Å². The molecule has 16 heavy (non-hydrogen) atoms. The molecule has 1 aromatic rings. The Balaban J connectivity index is 2.89. The zero-order valence-electron chi connectivity index (χ0n) is 10.3. The molecule has 0 radical (unpaired) electrons. The maximum absolute atomic E-state index is 9.84. The molecular formula is C13H21NO2. The van der Waals surface area contributed by atoms with Crippen molar-refractivity contribution in [3.63, 3.8) is 0 Å². The second kappa shape index (κ2) is 5.75. The van der Waals surface area contributed by atoms with Gasteiger partial charge in [-0.2, -0.15) is 0 Å². The van der Waals surface area contributed by atoms with Crippen molar-refractivity contribution in [2.45, 2.75) is 33.3 Å². The van der Waals surface area contributed by atoms with Gasteiger partial charge in [-0.25, -0.2) is 0 Å². The van der Waals surface area contributed by atoms with E-state index in [4.69, 9.17) is 0 Å². The van der Waals surface area contributed by atoms with E-state index in [9.17, 15) is 10.2 Å². The molecule has 0 saturated heterocycles. The van der Waals surface area contributed by atoms with Crippen LogP contribution in [0.1, 0.15) is 26.3 Å². The van der Waals surface area contributed by atoms with Crippen LogP contribution in [0.3, 0.4) is 0 Å². The van der Waals surface area contributed by atoms with Gasteiger partial charge in [-0.1, -0.05) is 6.07 Å². The van der Waals surface area contributed by atoms with Crippen LogP contribution in [0, 0.1) is 0 Å². The molecular weight excluding hydrogens is 202 g/mol. The average Bonchev–Trinajstić information content (AvgIpc) is 2.23. The molecule has 1 rings (SSSR count). The number of phenols is 1. The first-order valence-corrected chi connectivity index (χ1v) is 5.83. The van der Waals surface area contributed by atoms with Gasteiger partial charge in [-0.3, -0.25) is 0 Å². The van der Waals surface area contributed by atoms with Gasteiger partial charge in [-0.15, -0.1) is 0 Å². The topological polar surface area (TPSA) is 43.7 Å². The number of aromatic hydroxyl groups is 1. The van der Waals surface area contributed by atoms with Crippen molar-refractivity contribution in [2.24, 2.45) is 0 Å².